The normalized spacial score (nSPS) is 21.2. The number of hydrogen-bond acceptors (Lipinski definition) is 4. The van der Waals surface area contributed by atoms with E-state index < -0.39 is 5.60 Å². The van der Waals surface area contributed by atoms with Gasteiger partial charge in [0.1, 0.15) is 5.60 Å². The Morgan fingerprint density at radius 2 is 2.12 bits per heavy atom. The van der Waals surface area contributed by atoms with Crippen LogP contribution in [0.2, 0.25) is 0 Å². The maximum atomic E-state index is 11.4. The monoisotopic (exact) mass is 244 g/mol. The molecule has 4 nitrogen and oxygen atoms in total. The van der Waals surface area contributed by atoms with Gasteiger partial charge in [0, 0.05) is 6.61 Å². The molecule has 4 heteroatoms. The van der Waals surface area contributed by atoms with Gasteiger partial charge in [-0.1, -0.05) is 0 Å². The second-order valence-electron chi connectivity index (χ2n) is 5.40. The number of carbonyl (C=O) groups is 1. The summed E-state index contributed by atoms with van der Waals surface area (Å²) >= 11 is 0. The summed E-state index contributed by atoms with van der Waals surface area (Å²) in [5, 5.41) is 0. The number of esters is 1. The van der Waals surface area contributed by atoms with Crippen molar-refractivity contribution in [2.24, 2.45) is 0 Å². The van der Waals surface area contributed by atoms with Crippen molar-refractivity contribution >= 4 is 5.97 Å². The third-order valence-electron chi connectivity index (χ3n) is 2.45. The fraction of sp³-hybridized carbons (Fsp3) is 0.923. The van der Waals surface area contributed by atoms with E-state index in [0.717, 1.165) is 19.4 Å². The maximum absolute atomic E-state index is 11.4. The zero-order valence-electron chi connectivity index (χ0n) is 11.2. The summed E-state index contributed by atoms with van der Waals surface area (Å²) in [7, 11) is 0. The van der Waals surface area contributed by atoms with E-state index in [4.69, 9.17) is 14.2 Å². The highest BCUT2D eigenvalue weighted by Gasteiger charge is 2.17. The SMILES string of the molecule is CC(C)(C)OC(=O)CCOCC1CCCCO1. The van der Waals surface area contributed by atoms with E-state index in [0.29, 0.717) is 19.6 Å². The van der Waals surface area contributed by atoms with Gasteiger partial charge >= 0.3 is 5.97 Å². The molecular formula is C13H24O4. The Morgan fingerprint density at radius 1 is 1.35 bits per heavy atom. The molecule has 0 amide bonds. The highest BCUT2D eigenvalue weighted by atomic mass is 16.6. The molecule has 1 fully saturated rings. The summed E-state index contributed by atoms with van der Waals surface area (Å²) < 4.78 is 16.1. The molecule has 1 aliphatic rings. The third-order valence-corrected chi connectivity index (χ3v) is 2.45. The van der Waals surface area contributed by atoms with Crippen LogP contribution in [0.3, 0.4) is 0 Å². The van der Waals surface area contributed by atoms with Gasteiger partial charge in [0.15, 0.2) is 0 Å². The lowest BCUT2D eigenvalue weighted by molar-refractivity contribution is -0.156. The summed E-state index contributed by atoms with van der Waals surface area (Å²) in [4.78, 5) is 11.4. The molecular weight excluding hydrogens is 220 g/mol. The molecule has 1 heterocycles. The minimum atomic E-state index is -0.413. The predicted molar refractivity (Wildman–Crippen MR) is 64.9 cm³/mol. The summed E-state index contributed by atoms with van der Waals surface area (Å²) in [5.41, 5.74) is -0.413. The fourth-order valence-electron chi connectivity index (χ4n) is 1.70. The summed E-state index contributed by atoms with van der Waals surface area (Å²) in [6, 6.07) is 0. The Labute approximate surface area is 104 Å². The lowest BCUT2D eigenvalue weighted by Crippen LogP contribution is -2.26. The molecule has 0 N–H and O–H groups in total. The predicted octanol–water partition coefficient (Wildman–Crippen LogP) is 2.30. The minimum absolute atomic E-state index is 0.206. The molecule has 0 saturated carbocycles. The molecule has 1 saturated heterocycles. The van der Waals surface area contributed by atoms with Gasteiger partial charge in [-0.2, -0.15) is 0 Å². The Kier molecular flexibility index (Phi) is 5.92. The van der Waals surface area contributed by atoms with Crippen molar-refractivity contribution in [3.8, 4) is 0 Å². The van der Waals surface area contributed by atoms with Crippen LogP contribution in [0.4, 0.5) is 0 Å². The van der Waals surface area contributed by atoms with Crippen LogP contribution in [-0.2, 0) is 19.0 Å². The van der Waals surface area contributed by atoms with Crippen LogP contribution in [0.15, 0.2) is 0 Å². The fourth-order valence-corrected chi connectivity index (χ4v) is 1.70. The van der Waals surface area contributed by atoms with E-state index in [2.05, 4.69) is 0 Å². The highest BCUT2D eigenvalue weighted by Crippen LogP contribution is 2.13. The summed E-state index contributed by atoms with van der Waals surface area (Å²) in [6.07, 6.45) is 3.94. The first-order valence-corrected chi connectivity index (χ1v) is 6.38. The van der Waals surface area contributed by atoms with E-state index in [1.165, 1.54) is 6.42 Å². The highest BCUT2D eigenvalue weighted by molar-refractivity contribution is 5.69. The van der Waals surface area contributed by atoms with E-state index >= 15 is 0 Å². The number of rotatable bonds is 5. The van der Waals surface area contributed by atoms with Crippen molar-refractivity contribution in [3.05, 3.63) is 0 Å². The molecule has 100 valence electrons. The van der Waals surface area contributed by atoms with Crippen molar-refractivity contribution in [2.75, 3.05) is 19.8 Å². The average molecular weight is 244 g/mol. The first kappa shape index (κ1) is 14.5. The Hall–Kier alpha value is -0.610. The second kappa shape index (κ2) is 6.97. The van der Waals surface area contributed by atoms with Crippen LogP contribution in [-0.4, -0.2) is 37.5 Å². The lowest BCUT2D eigenvalue weighted by atomic mass is 10.1. The van der Waals surface area contributed by atoms with Gasteiger partial charge in [0.2, 0.25) is 0 Å². The lowest BCUT2D eigenvalue weighted by Gasteiger charge is -2.22. The first-order chi connectivity index (χ1) is 7.97. The summed E-state index contributed by atoms with van der Waals surface area (Å²) in [5.74, 6) is -0.206. The van der Waals surface area contributed by atoms with Crippen LogP contribution in [0, 0.1) is 0 Å². The van der Waals surface area contributed by atoms with Crippen LogP contribution in [0.5, 0.6) is 0 Å². The smallest absolute Gasteiger partial charge is 0.308 e. The van der Waals surface area contributed by atoms with Crippen molar-refractivity contribution in [2.45, 2.75) is 58.2 Å². The molecule has 0 spiro atoms. The average Bonchev–Trinajstić information content (AvgIpc) is 2.23. The molecule has 0 aromatic carbocycles. The molecule has 0 aromatic heterocycles. The van der Waals surface area contributed by atoms with Gasteiger partial charge in [-0.25, -0.2) is 0 Å². The molecule has 0 aromatic rings. The molecule has 1 aliphatic heterocycles. The molecule has 1 unspecified atom stereocenters. The largest absolute Gasteiger partial charge is 0.460 e. The van der Waals surface area contributed by atoms with Gasteiger partial charge in [0.05, 0.1) is 25.7 Å². The second-order valence-corrected chi connectivity index (χ2v) is 5.40. The van der Waals surface area contributed by atoms with Crippen molar-refractivity contribution in [1.29, 1.82) is 0 Å². The van der Waals surface area contributed by atoms with Crippen molar-refractivity contribution in [3.63, 3.8) is 0 Å². The Bertz CT molecular complexity index is 226. The van der Waals surface area contributed by atoms with Crippen molar-refractivity contribution < 1.29 is 19.0 Å². The molecule has 0 radical (unpaired) electrons. The Morgan fingerprint density at radius 3 is 2.71 bits per heavy atom. The number of hydrogen-bond donors (Lipinski definition) is 0. The van der Waals surface area contributed by atoms with Crippen LogP contribution >= 0.6 is 0 Å². The minimum Gasteiger partial charge on any atom is -0.460 e. The number of ether oxygens (including phenoxy) is 3. The van der Waals surface area contributed by atoms with Crippen LogP contribution in [0.25, 0.3) is 0 Å². The molecule has 0 bridgehead atoms. The third kappa shape index (κ3) is 7.34. The van der Waals surface area contributed by atoms with Gasteiger partial charge in [-0.15, -0.1) is 0 Å². The van der Waals surface area contributed by atoms with E-state index in [9.17, 15) is 4.79 Å². The van der Waals surface area contributed by atoms with Gasteiger partial charge in [-0.3, -0.25) is 4.79 Å². The van der Waals surface area contributed by atoms with Crippen LogP contribution < -0.4 is 0 Å². The van der Waals surface area contributed by atoms with E-state index in [1.54, 1.807) is 0 Å². The zero-order valence-corrected chi connectivity index (χ0v) is 11.2. The topological polar surface area (TPSA) is 44.8 Å². The van der Waals surface area contributed by atoms with Gasteiger partial charge in [-0.05, 0) is 40.0 Å². The quantitative estimate of drug-likeness (QED) is 0.550. The van der Waals surface area contributed by atoms with Crippen LogP contribution in [0.1, 0.15) is 46.5 Å². The standard InChI is InChI=1S/C13H24O4/c1-13(2,3)17-12(14)7-9-15-10-11-6-4-5-8-16-11/h11H,4-10H2,1-3H3. The summed E-state index contributed by atoms with van der Waals surface area (Å²) in [6.45, 7) is 7.42. The first-order valence-electron chi connectivity index (χ1n) is 6.38. The van der Waals surface area contributed by atoms with Crippen molar-refractivity contribution in [1.82, 2.24) is 0 Å². The zero-order chi connectivity index (χ0) is 12.7. The van der Waals surface area contributed by atoms with Gasteiger partial charge in [0.25, 0.3) is 0 Å². The Balaban J connectivity index is 2.01. The number of carbonyl (C=O) groups excluding carboxylic acids is 1. The molecule has 17 heavy (non-hydrogen) atoms. The maximum Gasteiger partial charge on any atom is 0.308 e. The molecule has 1 rings (SSSR count). The van der Waals surface area contributed by atoms with E-state index in [1.807, 2.05) is 20.8 Å². The van der Waals surface area contributed by atoms with E-state index in [-0.39, 0.29) is 12.1 Å². The molecule has 1 atom stereocenters. The molecule has 0 aliphatic carbocycles. The van der Waals surface area contributed by atoms with Gasteiger partial charge < -0.3 is 14.2 Å².